The van der Waals surface area contributed by atoms with Crippen molar-refractivity contribution in [3.05, 3.63) is 29.3 Å². The molecule has 1 aromatic carbocycles. The number of unbranched alkanes of at least 4 members (excludes halogenated alkanes) is 5. The van der Waals surface area contributed by atoms with Crippen LogP contribution in [0.4, 0.5) is 0 Å². The Morgan fingerprint density at radius 1 is 1.00 bits per heavy atom. The number of rotatable bonds is 11. The smallest absolute Gasteiger partial charge is 0.344 e. The van der Waals surface area contributed by atoms with Gasteiger partial charge in [-0.3, -0.25) is 4.90 Å². The Balaban J connectivity index is 1.11. The van der Waals surface area contributed by atoms with Crippen LogP contribution >= 0.6 is 0 Å². The molecular weight excluding hydrogens is 410 g/mol. The number of hydrogen-bond donors (Lipinski definition) is 0. The van der Waals surface area contributed by atoms with E-state index in [1.165, 1.54) is 75.3 Å². The van der Waals surface area contributed by atoms with Gasteiger partial charge in [0.1, 0.15) is 11.9 Å². The number of carbonyl (C=O) groups is 1. The van der Waals surface area contributed by atoms with Crippen molar-refractivity contribution >= 4 is 5.97 Å². The van der Waals surface area contributed by atoms with E-state index in [0.29, 0.717) is 5.92 Å². The molecule has 5 rings (SSSR count). The number of piperidine rings is 1. The van der Waals surface area contributed by atoms with Crippen LogP contribution < -0.4 is 4.74 Å². The Bertz CT molecular complexity index is 808. The second-order valence-corrected chi connectivity index (χ2v) is 11.2. The van der Waals surface area contributed by atoms with Gasteiger partial charge in [-0.25, -0.2) is 4.79 Å². The maximum Gasteiger partial charge on any atom is 0.344 e. The van der Waals surface area contributed by atoms with E-state index < -0.39 is 0 Å². The van der Waals surface area contributed by atoms with Crippen LogP contribution in [0.5, 0.6) is 5.75 Å². The molecule has 6 atom stereocenters. The van der Waals surface area contributed by atoms with E-state index in [2.05, 4.69) is 30.0 Å². The Hall–Kier alpha value is -1.55. The lowest BCUT2D eigenvalue weighted by molar-refractivity contribution is -0.153. The predicted molar refractivity (Wildman–Crippen MR) is 131 cm³/mol. The lowest BCUT2D eigenvalue weighted by Crippen LogP contribution is -2.33. The van der Waals surface area contributed by atoms with Crippen molar-refractivity contribution < 1.29 is 14.3 Å². The first-order chi connectivity index (χ1) is 16.2. The molecule has 2 heterocycles. The largest absolute Gasteiger partial charge is 0.482 e. The van der Waals surface area contributed by atoms with Gasteiger partial charge in [0, 0.05) is 19.0 Å². The normalized spacial score (nSPS) is 31.9. The number of fused-ring (bicyclic) bond motifs is 4. The van der Waals surface area contributed by atoms with Crippen molar-refractivity contribution in [2.75, 3.05) is 26.2 Å². The van der Waals surface area contributed by atoms with Gasteiger partial charge in [-0.2, -0.15) is 0 Å². The van der Waals surface area contributed by atoms with Crippen LogP contribution in [0.15, 0.2) is 18.2 Å². The first kappa shape index (κ1) is 23.2. The highest BCUT2D eigenvalue weighted by Crippen LogP contribution is 2.48. The fourth-order valence-corrected chi connectivity index (χ4v) is 7.27. The summed E-state index contributed by atoms with van der Waals surface area (Å²) in [6.07, 6.45) is 16.1. The van der Waals surface area contributed by atoms with Gasteiger partial charge in [-0.15, -0.1) is 0 Å². The molecule has 182 valence electrons. The summed E-state index contributed by atoms with van der Waals surface area (Å²) in [6.45, 7) is 5.48. The van der Waals surface area contributed by atoms with Crippen molar-refractivity contribution in [1.29, 1.82) is 0 Å². The van der Waals surface area contributed by atoms with E-state index in [1.54, 1.807) is 0 Å². The van der Waals surface area contributed by atoms with Gasteiger partial charge in [-0.05, 0) is 73.6 Å². The highest BCUT2D eigenvalue weighted by Gasteiger charge is 2.41. The molecule has 33 heavy (non-hydrogen) atoms. The molecule has 2 bridgehead atoms. The summed E-state index contributed by atoms with van der Waals surface area (Å²) >= 11 is 0. The zero-order valence-corrected chi connectivity index (χ0v) is 20.6. The second-order valence-electron chi connectivity index (χ2n) is 11.2. The minimum absolute atomic E-state index is 0.0361. The van der Waals surface area contributed by atoms with Gasteiger partial charge in [0.2, 0.25) is 0 Å². The third-order valence-electron chi connectivity index (χ3n) is 9.10. The standard InChI is InChI=1S/C29H43NO3/c1-2-3-4-5-6-7-9-21-12-13-23-17-26-22(16-25(21)23)10-8-11-27(26)32-20-29(31)33-28-19-30-15-14-24(28)18-30/h8,10-11,21,23-25,28H,2-7,9,12-20H2,1H3. The summed E-state index contributed by atoms with van der Waals surface area (Å²) in [5, 5.41) is 0. The molecule has 3 fully saturated rings. The van der Waals surface area contributed by atoms with Crippen molar-refractivity contribution in [3.8, 4) is 5.75 Å². The predicted octanol–water partition coefficient (Wildman–Crippen LogP) is 5.80. The van der Waals surface area contributed by atoms with Crippen LogP contribution in [0.3, 0.4) is 0 Å². The van der Waals surface area contributed by atoms with Crippen LogP contribution in [0.25, 0.3) is 0 Å². The number of benzene rings is 1. The molecule has 2 saturated heterocycles. The zero-order valence-electron chi connectivity index (χ0n) is 20.6. The summed E-state index contributed by atoms with van der Waals surface area (Å²) in [7, 11) is 0. The molecule has 0 aromatic heterocycles. The highest BCUT2D eigenvalue weighted by atomic mass is 16.6. The molecule has 4 heteroatoms. The molecule has 0 spiro atoms. The van der Waals surface area contributed by atoms with Gasteiger partial charge in [-0.1, -0.05) is 64.0 Å². The van der Waals surface area contributed by atoms with E-state index in [-0.39, 0.29) is 18.7 Å². The number of ether oxygens (including phenoxy) is 2. The molecule has 0 radical (unpaired) electrons. The third kappa shape index (κ3) is 5.42. The molecule has 1 saturated carbocycles. The second kappa shape index (κ2) is 10.8. The van der Waals surface area contributed by atoms with Crippen LogP contribution in [0.2, 0.25) is 0 Å². The van der Waals surface area contributed by atoms with E-state index in [4.69, 9.17) is 9.47 Å². The van der Waals surface area contributed by atoms with Crippen molar-refractivity contribution in [2.45, 2.75) is 90.1 Å². The van der Waals surface area contributed by atoms with E-state index in [0.717, 1.165) is 56.0 Å². The molecule has 2 aliphatic heterocycles. The van der Waals surface area contributed by atoms with Crippen LogP contribution in [0, 0.1) is 23.7 Å². The summed E-state index contributed by atoms with van der Waals surface area (Å²) in [6, 6.07) is 6.46. The molecule has 4 nitrogen and oxygen atoms in total. The Morgan fingerprint density at radius 3 is 2.70 bits per heavy atom. The molecule has 0 N–H and O–H groups in total. The topological polar surface area (TPSA) is 38.8 Å². The van der Waals surface area contributed by atoms with Gasteiger partial charge < -0.3 is 9.47 Å². The lowest BCUT2D eigenvalue weighted by atomic mass is 9.73. The number of esters is 1. The molecule has 2 aliphatic carbocycles. The molecule has 0 amide bonds. The molecule has 1 aromatic rings. The fraction of sp³-hybridized carbons (Fsp3) is 0.759. The van der Waals surface area contributed by atoms with Crippen molar-refractivity contribution in [2.24, 2.45) is 23.7 Å². The van der Waals surface area contributed by atoms with Crippen LogP contribution in [-0.2, 0) is 22.4 Å². The SMILES string of the molecule is CCCCCCCCC1CCC2Cc3c(cccc3OCC(=O)OC3CN4CCC3C4)CC12. The molecular formula is C29H43NO3. The van der Waals surface area contributed by atoms with E-state index in [9.17, 15) is 4.79 Å². The van der Waals surface area contributed by atoms with Gasteiger partial charge in [0.25, 0.3) is 0 Å². The minimum atomic E-state index is -0.208. The maximum atomic E-state index is 12.5. The first-order valence-corrected chi connectivity index (χ1v) is 13.9. The monoisotopic (exact) mass is 453 g/mol. The molecule has 6 unspecified atom stereocenters. The lowest BCUT2D eigenvalue weighted by Gasteiger charge is -2.32. The minimum Gasteiger partial charge on any atom is -0.482 e. The molecule has 4 aliphatic rings. The first-order valence-electron chi connectivity index (χ1n) is 13.9. The summed E-state index contributed by atoms with van der Waals surface area (Å²) in [5.74, 6) is 3.79. The third-order valence-corrected chi connectivity index (χ3v) is 9.10. The van der Waals surface area contributed by atoms with Crippen LogP contribution in [-0.4, -0.2) is 43.2 Å². The average Bonchev–Trinajstić information content (AvgIpc) is 3.55. The maximum absolute atomic E-state index is 12.5. The number of nitrogens with zero attached hydrogens (tertiary/aromatic N) is 1. The quantitative estimate of drug-likeness (QED) is 0.313. The number of carbonyl (C=O) groups excluding carboxylic acids is 1. The summed E-state index contributed by atoms with van der Waals surface area (Å²) < 4.78 is 11.8. The van der Waals surface area contributed by atoms with Gasteiger partial charge in [0.15, 0.2) is 6.61 Å². The number of hydrogen-bond acceptors (Lipinski definition) is 4. The van der Waals surface area contributed by atoms with Gasteiger partial charge >= 0.3 is 5.97 Å². The Kier molecular flexibility index (Phi) is 7.59. The van der Waals surface area contributed by atoms with E-state index in [1.807, 2.05) is 0 Å². The fourth-order valence-electron chi connectivity index (χ4n) is 7.27. The Labute approximate surface area is 200 Å². The average molecular weight is 454 g/mol. The summed E-state index contributed by atoms with van der Waals surface area (Å²) in [4.78, 5) is 14.9. The highest BCUT2D eigenvalue weighted by molar-refractivity contribution is 5.71. The zero-order chi connectivity index (χ0) is 22.6. The summed E-state index contributed by atoms with van der Waals surface area (Å²) in [5.41, 5.74) is 2.82. The Morgan fingerprint density at radius 2 is 1.88 bits per heavy atom. The van der Waals surface area contributed by atoms with Crippen molar-refractivity contribution in [3.63, 3.8) is 0 Å². The van der Waals surface area contributed by atoms with Crippen molar-refractivity contribution in [1.82, 2.24) is 4.90 Å². The van der Waals surface area contributed by atoms with E-state index >= 15 is 0 Å². The van der Waals surface area contributed by atoms with Gasteiger partial charge in [0.05, 0.1) is 0 Å². The van der Waals surface area contributed by atoms with Crippen LogP contribution in [0.1, 0.15) is 82.3 Å².